The number of allylic oxidation sites excluding steroid dienone is 5. The highest BCUT2D eigenvalue weighted by Gasteiger charge is 2.21. The van der Waals surface area contributed by atoms with Crippen LogP contribution in [0.15, 0.2) is 53.8 Å². The summed E-state index contributed by atoms with van der Waals surface area (Å²) in [6.45, 7) is 0. The molecule has 0 saturated carbocycles. The number of carbonyl (C=O) groups is 2. The van der Waals surface area contributed by atoms with Crippen molar-refractivity contribution in [3.05, 3.63) is 65.0 Å². The summed E-state index contributed by atoms with van der Waals surface area (Å²) in [7, 11) is 0. The van der Waals surface area contributed by atoms with Gasteiger partial charge in [-0.2, -0.15) is 0 Å². The van der Waals surface area contributed by atoms with Crippen molar-refractivity contribution in [2.24, 2.45) is 0 Å². The van der Waals surface area contributed by atoms with E-state index >= 15 is 0 Å². The molecule has 4 nitrogen and oxygen atoms in total. The third-order valence-electron chi connectivity index (χ3n) is 3.23. The van der Waals surface area contributed by atoms with Crippen LogP contribution in [-0.2, 0) is 11.2 Å². The van der Waals surface area contributed by atoms with Crippen LogP contribution in [0.3, 0.4) is 0 Å². The Morgan fingerprint density at radius 2 is 2.20 bits per heavy atom. The lowest BCUT2D eigenvalue weighted by atomic mass is 10.0. The van der Waals surface area contributed by atoms with Crippen molar-refractivity contribution in [2.45, 2.75) is 12.8 Å². The van der Waals surface area contributed by atoms with Gasteiger partial charge >= 0.3 is 5.97 Å². The van der Waals surface area contributed by atoms with Crippen molar-refractivity contribution >= 4 is 11.8 Å². The average Bonchev–Trinajstić information content (AvgIpc) is 2.54. The highest BCUT2D eigenvalue weighted by Crippen LogP contribution is 2.32. The molecule has 0 aromatic heterocycles. The van der Waals surface area contributed by atoms with E-state index in [2.05, 4.69) is 0 Å². The standard InChI is InChI=1S/C16H12O4/c17-13-9-11-3-1-2-4-14(11)20-15-6-5-10(7-12(13)15)8-16(18)19/h1-2,4-7,9H,3,8H2,(H,18,19). The molecule has 20 heavy (non-hydrogen) atoms. The Labute approximate surface area is 115 Å². The predicted octanol–water partition coefficient (Wildman–Crippen LogP) is 2.66. The lowest BCUT2D eigenvalue weighted by molar-refractivity contribution is -0.136. The summed E-state index contributed by atoms with van der Waals surface area (Å²) >= 11 is 0. The molecule has 1 aliphatic heterocycles. The molecule has 1 heterocycles. The summed E-state index contributed by atoms with van der Waals surface area (Å²) in [5, 5.41) is 8.82. The number of carboxylic acids is 1. The SMILES string of the molecule is O=C(O)Cc1ccc2c(c1)C(=O)C=C1CC=CC=C1O2. The van der Waals surface area contributed by atoms with E-state index < -0.39 is 5.97 Å². The van der Waals surface area contributed by atoms with Crippen LogP contribution in [0, 0.1) is 0 Å². The Hall–Kier alpha value is -2.62. The van der Waals surface area contributed by atoms with Crippen molar-refractivity contribution in [3.63, 3.8) is 0 Å². The van der Waals surface area contributed by atoms with Crippen molar-refractivity contribution in [3.8, 4) is 5.75 Å². The molecular formula is C16H12O4. The number of carboxylic acid groups (broad SMARTS) is 1. The van der Waals surface area contributed by atoms with E-state index in [9.17, 15) is 9.59 Å². The fourth-order valence-corrected chi connectivity index (χ4v) is 2.29. The van der Waals surface area contributed by atoms with Gasteiger partial charge in [-0.25, -0.2) is 0 Å². The van der Waals surface area contributed by atoms with Gasteiger partial charge in [-0.3, -0.25) is 9.59 Å². The van der Waals surface area contributed by atoms with Gasteiger partial charge in [0.1, 0.15) is 11.5 Å². The molecule has 0 saturated heterocycles. The molecular weight excluding hydrogens is 256 g/mol. The Morgan fingerprint density at radius 1 is 1.35 bits per heavy atom. The number of aliphatic carboxylic acids is 1. The molecule has 0 atom stereocenters. The van der Waals surface area contributed by atoms with Crippen LogP contribution in [-0.4, -0.2) is 16.9 Å². The fraction of sp³-hybridized carbons (Fsp3) is 0.125. The predicted molar refractivity (Wildman–Crippen MR) is 72.7 cm³/mol. The topological polar surface area (TPSA) is 63.6 Å². The van der Waals surface area contributed by atoms with Gasteiger partial charge in [0.05, 0.1) is 12.0 Å². The Kier molecular flexibility index (Phi) is 2.99. The molecule has 1 N–H and O–H groups in total. The normalized spacial score (nSPS) is 16.3. The Morgan fingerprint density at radius 3 is 3.00 bits per heavy atom. The zero-order chi connectivity index (χ0) is 14.1. The first-order chi connectivity index (χ1) is 9.63. The fourth-order valence-electron chi connectivity index (χ4n) is 2.29. The molecule has 1 aromatic rings. The summed E-state index contributed by atoms with van der Waals surface area (Å²) in [4.78, 5) is 23.0. The van der Waals surface area contributed by atoms with E-state index in [4.69, 9.17) is 9.84 Å². The number of ketones is 1. The smallest absolute Gasteiger partial charge is 0.307 e. The minimum atomic E-state index is -0.925. The van der Waals surface area contributed by atoms with Crippen molar-refractivity contribution in [1.29, 1.82) is 0 Å². The number of hydrogen-bond acceptors (Lipinski definition) is 3. The van der Waals surface area contributed by atoms with Crippen LogP contribution in [0.4, 0.5) is 0 Å². The van der Waals surface area contributed by atoms with Gasteiger partial charge in [-0.15, -0.1) is 0 Å². The summed E-state index contributed by atoms with van der Waals surface area (Å²) < 4.78 is 5.76. The van der Waals surface area contributed by atoms with E-state index in [1.165, 1.54) is 0 Å². The molecule has 1 aromatic carbocycles. The number of carbonyl (C=O) groups excluding carboxylic acids is 1. The van der Waals surface area contributed by atoms with Gasteiger partial charge in [-0.05, 0) is 36.3 Å². The summed E-state index contributed by atoms with van der Waals surface area (Å²) in [5.74, 6) is 0.0642. The monoisotopic (exact) mass is 268 g/mol. The number of benzene rings is 1. The molecule has 2 aliphatic rings. The van der Waals surface area contributed by atoms with E-state index in [-0.39, 0.29) is 12.2 Å². The summed E-state index contributed by atoms with van der Waals surface area (Å²) in [5.41, 5.74) is 1.84. The van der Waals surface area contributed by atoms with E-state index in [1.807, 2.05) is 18.2 Å². The first-order valence-electron chi connectivity index (χ1n) is 6.28. The van der Waals surface area contributed by atoms with Gasteiger partial charge in [0.2, 0.25) is 0 Å². The largest absolute Gasteiger partial charge is 0.481 e. The molecule has 1 aliphatic carbocycles. The van der Waals surface area contributed by atoms with Gasteiger partial charge < -0.3 is 9.84 Å². The van der Waals surface area contributed by atoms with Crippen LogP contribution < -0.4 is 4.74 Å². The van der Waals surface area contributed by atoms with Crippen LogP contribution in [0.5, 0.6) is 5.75 Å². The Bertz CT molecular complexity index is 692. The van der Waals surface area contributed by atoms with Gasteiger partial charge in [0.25, 0.3) is 0 Å². The van der Waals surface area contributed by atoms with Crippen molar-refractivity contribution < 1.29 is 19.4 Å². The van der Waals surface area contributed by atoms with Gasteiger partial charge in [-0.1, -0.05) is 18.2 Å². The summed E-state index contributed by atoms with van der Waals surface area (Å²) in [6, 6.07) is 4.92. The minimum Gasteiger partial charge on any atom is -0.481 e. The lowest BCUT2D eigenvalue weighted by Gasteiger charge is -2.13. The van der Waals surface area contributed by atoms with Crippen molar-refractivity contribution in [2.75, 3.05) is 0 Å². The maximum atomic E-state index is 12.2. The van der Waals surface area contributed by atoms with Gasteiger partial charge in [0, 0.05) is 5.57 Å². The number of fused-ring (bicyclic) bond motifs is 2. The molecule has 0 radical (unpaired) electrons. The van der Waals surface area contributed by atoms with Gasteiger partial charge in [0.15, 0.2) is 5.78 Å². The average molecular weight is 268 g/mol. The number of rotatable bonds is 2. The second-order valence-electron chi connectivity index (χ2n) is 4.70. The number of hydrogen-bond donors (Lipinski definition) is 1. The van der Waals surface area contributed by atoms with Crippen LogP contribution >= 0.6 is 0 Å². The third-order valence-corrected chi connectivity index (χ3v) is 3.23. The van der Waals surface area contributed by atoms with E-state index in [0.29, 0.717) is 29.1 Å². The molecule has 3 rings (SSSR count). The lowest BCUT2D eigenvalue weighted by Crippen LogP contribution is -2.03. The zero-order valence-electron chi connectivity index (χ0n) is 10.6. The zero-order valence-corrected chi connectivity index (χ0v) is 10.6. The second kappa shape index (κ2) is 4.81. The molecule has 0 fully saturated rings. The molecule has 0 bridgehead atoms. The third kappa shape index (κ3) is 2.28. The molecule has 0 spiro atoms. The van der Waals surface area contributed by atoms with E-state index in [1.54, 1.807) is 24.3 Å². The highest BCUT2D eigenvalue weighted by atomic mass is 16.5. The number of ether oxygens (including phenoxy) is 1. The van der Waals surface area contributed by atoms with Crippen molar-refractivity contribution in [1.82, 2.24) is 0 Å². The molecule has 0 unspecified atom stereocenters. The van der Waals surface area contributed by atoms with Crippen LogP contribution in [0.25, 0.3) is 0 Å². The second-order valence-corrected chi connectivity index (χ2v) is 4.70. The molecule has 0 amide bonds. The Balaban J connectivity index is 2.04. The maximum Gasteiger partial charge on any atom is 0.307 e. The summed E-state index contributed by atoms with van der Waals surface area (Å²) in [6.07, 6.45) is 7.78. The van der Waals surface area contributed by atoms with Crippen LogP contribution in [0.1, 0.15) is 22.3 Å². The molecule has 100 valence electrons. The maximum absolute atomic E-state index is 12.2. The van der Waals surface area contributed by atoms with Crippen LogP contribution in [0.2, 0.25) is 0 Å². The molecule has 4 heteroatoms. The first-order valence-corrected chi connectivity index (χ1v) is 6.28. The minimum absolute atomic E-state index is 0.110. The highest BCUT2D eigenvalue weighted by molar-refractivity contribution is 6.08. The van der Waals surface area contributed by atoms with E-state index in [0.717, 1.165) is 5.57 Å². The quantitative estimate of drug-likeness (QED) is 0.895. The first kappa shape index (κ1) is 12.4.